The van der Waals surface area contributed by atoms with Gasteiger partial charge in [-0.3, -0.25) is 9.69 Å². The number of rotatable bonds is 5. The van der Waals surface area contributed by atoms with Gasteiger partial charge in [-0.25, -0.2) is 15.0 Å². The third-order valence-corrected chi connectivity index (χ3v) is 6.62. The van der Waals surface area contributed by atoms with Crippen molar-refractivity contribution >= 4 is 45.2 Å². The molecule has 0 spiro atoms. The van der Waals surface area contributed by atoms with Crippen LogP contribution < -0.4 is 25.4 Å². The molecule has 0 saturated carbocycles. The number of nitrogens with two attached hydrogens (primary N) is 1. The Morgan fingerprint density at radius 2 is 1.91 bits per heavy atom. The monoisotopic (exact) mass is 490 g/mol. The summed E-state index contributed by atoms with van der Waals surface area (Å²) in [6.07, 6.45) is 1.67. The van der Waals surface area contributed by atoms with Crippen LogP contribution in [0.1, 0.15) is 0 Å². The summed E-state index contributed by atoms with van der Waals surface area (Å²) >= 11 is 1.40. The van der Waals surface area contributed by atoms with E-state index in [0.717, 1.165) is 17.0 Å². The van der Waals surface area contributed by atoms with E-state index in [1.165, 1.54) is 11.3 Å². The number of carbonyl (C=O) groups excluding carboxylic acids is 1. The number of hydrogen-bond acceptors (Lipinski definition) is 11. The lowest BCUT2D eigenvalue weighted by Crippen LogP contribution is -2.49. The van der Waals surface area contributed by atoms with Crippen LogP contribution in [-0.4, -0.2) is 70.3 Å². The second kappa shape index (κ2) is 8.96. The van der Waals surface area contributed by atoms with Gasteiger partial charge in [-0.1, -0.05) is 0 Å². The van der Waals surface area contributed by atoms with E-state index in [-0.39, 0.29) is 18.6 Å². The molecular weight excluding hydrogens is 468 g/mol. The van der Waals surface area contributed by atoms with Crippen LogP contribution >= 0.6 is 11.3 Å². The van der Waals surface area contributed by atoms with E-state index in [1.807, 2.05) is 35.7 Å². The van der Waals surface area contributed by atoms with Gasteiger partial charge in [0.25, 0.3) is 0 Å². The van der Waals surface area contributed by atoms with Crippen LogP contribution in [0.2, 0.25) is 0 Å². The second-order valence-corrected chi connectivity index (χ2v) is 9.08. The standard InChI is InChI=1S/C23H22N8O3S/c24-22-27-16-3-2-15(14-1-4-17-18(11-14)34-13-33-17)26-20(16)21(29-22)31-8-6-30(7-9-31)12-19(32)28-23-25-5-10-35-23/h1-5,10-11H,6-9,12-13H2,(H2,24,27,29)(H,25,28,32). The van der Waals surface area contributed by atoms with E-state index >= 15 is 0 Å². The molecule has 6 rings (SSSR count). The molecule has 4 aromatic rings. The van der Waals surface area contributed by atoms with E-state index in [0.29, 0.717) is 60.5 Å². The number of hydrogen-bond donors (Lipinski definition) is 2. The molecule has 3 N–H and O–H groups in total. The molecule has 1 saturated heterocycles. The Labute approximate surface area is 204 Å². The first kappa shape index (κ1) is 21.5. The lowest BCUT2D eigenvalue weighted by atomic mass is 10.1. The summed E-state index contributed by atoms with van der Waals surface area (Å²) in [6, 6.07) is 9.57. The molecule has 0 unspecified atom stereocenters. The molecule has 35 heavy (non-hydrogen) atoms. The Morgan fingerprint density at radius 3 is 2.74 bits per heavy atom. The quantitative estimate of drug-likeness (QED) is 0.429. The van der Waals surface area contributed by atoms with E-state index in [4.69, 9.17) is 20.2 Å². The summed E-state index contributed by atoms with van der Waals surface area (Å²) in [7, 11) is 0. The SMILES string of the molecule is Nc1nc(N2CCN(CC(=O)Nc3nccs3)CC2)c2nc(-c3ccc4c(c3)OCO4)ccc2n1. The van der Waals surface area contributed by atoms with E-state index in [1.54, 1.807) is 6.20 Å². The van der Waals surface area contributed by atoms with Gasteiger partial charge in [0.05, 0.1) is 17.8 Å². The average molecular weight is 491 g/mol. The van der Waals surface area contributed by atoms with Crippen LogP contribution in [0.15, 0.2) is 41.9 Å². The van der Waals surface area contributed by atoms with Gasteiger partial charge in [-0.2, -0.15) is 4.98 Å². The fourth-order valence-electron chi connectivity index (χ4n) is 4.22. The number of carbonyl (C=O) groups is 1. The fraction of sp³-hybridized carbons (Fsp3) is 0.261. The molecule has 12 heteroatoms. The van der Waals surface area contributed by atoms with Crippen molar-refractivity contribution in [2.45, 2.75) is 0 Å². The lowest BCUT2D eigenvalue weighted by molar-refractivity contribution is -0.117. The Bertz CT molecular complexity index is 1390. The number of nitrogens with one attached hydrogen (secondary N) is 1. The van der Waals surface area contributed by atoms with Crippen molar-refractivity contribution in [1.82, 2.24) is 24.8 Å². The van der Waals surface area contributed by atoms with E-state index in [2.05, 4.69) is 30.1 Å². The molecule has 1 amide bonds. The number of amides is 1. The molecule has 5 heterocycles. The van der Waals surface area contributed by atoms with Crippen molar-refractivity contribution in [3.63, 3.8) is 0 Å². The summed E-state index contributed by atoms with van der Waals surface area (Å²) in [4.78, 5) is 34.5. The van der Waals surface area contributed by atoms with Crippen molar-refractivity contribution < 1.29 is 14.3 Å². The van der Waals surface area contributed by atoms with Gasteiger partial charge < -0.3 is 25.4 Å². The molecule has 2 aliphatic heterocycles. The maximum atomic E-state index is 12.3. The third-order valence-electron chi connectivity index (χ3n) is 5.93. The Hall–Kier alpha value is -4.03. The summed E-state index contributed by atoms with van der Waals surface area (Å²) in [5, 5.41) is 5.27. The van der Waals surface area contributed by atoms with Crippen molar-refractivity contribution in [2.24, 2.45) is 0 Å². The first-order valence-electron chi connectivity index (χ1n) is 11.1. The fourth-order valence-corrected chi connectivity index (χ4v) is 4.76. The van der Waals surface area contributed by atoms with Gasteiger partial charge in [-0.15, -0.1) is 11.3 Å². The van der Waals surface area contributed by atoms with Crippen molar-refractivity contribution in [3.8, 4) is 22.8 Å². The minimum Gasteiger partial charge on any atom is -0.454 e. The van der Waals surface area contributed by atoms with Gasteiger partial charge >= 0.3 is 0 Å². The molecule has 0 atom stereocenters. The molecule has 1 fully saturated rings. The summed E-state index contributed by atoms with van der Waals surface area (Å²) in [5.41, 5.74) is 9.08. The number of nitrogen functional groups attached to an aromatic ring is 1. The summed E-state index contributed by atoms with van der Waals surface area (Å²) < 4.78 is 10.9. The van der Waals surface area contributed by atoms with Crippen LogP contribution in [-0.2, 0) is 4.79 Å². The number of thiazole rings is 1. The molecule has 11 nitrogen and oxygen atoms in total. The third kappa shape index (κ3) is 4.40. The molecule has 178 valence electrons. The predicted molar refractivity (Wildman–Crippen MR) is 133 cm³/mol. The van der Waals surface area contributed by atoms with Crippen LogP contribution in [0.4, 0.5) is 16.9 Å². The van der Waals surface area contributed by atoms with E-state index in [9.17, 15) is 4.79 Å². The zero-order chi connectivity index (χ0) is 23.8. The Morgan fingerprint density at radius 1 is 1.06 bits per heavy atom. The summed E-state index contributed by atoms with van der Waals surface area (Å²) in [5.74, 6) is 2.26. The van der Waals surface area contributed by atoms with Gasteiger partial charge in [0.1, 0.15) is 5.52 Å². The molecule has 0 radical (unpaired) electrons. The molecule has 0 bridgehead atoms. The Balaban J connectivity index is 1.21. The maximum absolute atomic E-state index is 12.3. The molecular formula is C23H22N8O3S. The number of benzene rings is 1. The number of nitrogens with zero attached hydrogens (tertiary/aromatic N) is 6. The molecule has 2 aliphatic rings. The smallest absolute Gasteiger partial charge is 0.240 e. The number of pyridine rings is 1. The minimum absolute atomic E-state index is 0.0693. The highest BCUT2D eigenvalue weighted by molar-refractivity contribution is 7.13. The normalized spacial score (nSPS) is 15.5. The zero-order valence-corrected chi connectivity index (χ0v) is 19.5. The van der Waals surface area contributed by atoms with Gasteiger partial charge in [-0.05, 0) is 30.3 Å². The van der Waals surface area contributed by atoms with Gasteiger partial charge in [0.15, 0.2) is 22.4 Å². The molecule has 3 aromatic heterocycles. The van der Waals surface area contributed by atoms with E-state index < -0.39 is 0 Å². The maximum Gasteiger partial charge on any atom is 0.240 e. The first-order valence-corrected chi connectivity index (χ1v) is 12.0. The highest BCUT2D eigenvalue weighted by Crippen LogP contribution is 2.36. The number of piperazine rings is 1. The van der Waals surface area contributed by atoms with Gasteiger partial charge in [0.2, 0.25) is 18.6 Å². The van der Waals surface area contributed by atoms with Crippen LogP contribution in [0.5, 0.6) is 11.5 Å². The topological polar surface area (TPSA) is 132 Å². The summed E-state index contributed by atoms with van der Waals surface area (Å²) in [6.45, 7) is 3.32. The second-order valence-electron chi connectivity index (χ2n) is 8.19. The molecule has 0 aliphatic carbocycles. The number of aromatic nitrogens is 4. The number of fused-ring (bicyclic) bond motifs is 2. The van der Waals surface area contributed by atoms with Crippen molar-refractivity contribution in [2.75, 3.05) is 55.5 Å². The van der Waals surface area contributed by atoms with Crippen molar-refractivity contribution in [3.05, 3.63) is 41.9 Å². The van der Waals surface area contributed by atoms with Crippen LogP contribution in [0.25, 0.3) is 22.3 Å². The number of ether oxygens (including phenoxy) is 2. The van der Waals surface area contributed by atoms with Crippen LogP contribution in [0, 0.1) is 0 Å². The Kier molecular flexibility index (Phi) is 5.51. The van der Waals surface area contributed by atoms with Crippen LogP contribution in [0.3, 0.4) is 0 Å². The van der Waals surface area contributed by atoms with Crippen molar-refractivity contribution in [1.29, 1.82) is 0 Å². The highest BCUT2D eigenvalue weighted by Gasteiger charge is 2.23. The van der Waals surface area contributed by atoms with Gasteiger partial charge in [0, 0.05) is 43.3 Å². The minimum atomic E-state index is -0.0693. The molecule has 1 aromatic carbocycles. The average Bonchev–Trinajstić information content (AvgIpc) is 3.55. The predicted octanol–water partition coefficient (Wildman–Crippen LogP) is 2.22. The highest BCUT2D eigenvalue weighted by atomic mass is 32.1. The first-order chi connectivity index (χ1) is 17.1. The largest absolute Gasteiger partial charge is 0.454 e. The lowest BCUT2D eigenvalue weighted by Gasteiger charge is -2.35. The zero-order valence-electron chi connectivity index (χ0n) is 18.7. The number of anilines is 3.